The summed E-state index contributed by atoms with van der Waals surface area (Å²) in [6.07, 6.45) is 3.17. The lowest BCUT2D eigenvalue weighted by atomic mass is 10.1. The fourth-order valence-electron chi connectivity index (χ4n) is 4.47. The van der Waals surface area contributed by atoms with Crippen LogP contribution in [-0.4, -0.2) is 32.7 Å². The predicted molar refractivity (Wildman–Crippen MR) is 129 cm³/mol. The second-order valence-electron chi connectivity index (χ2n) is 8.48. The average Bonchev–Trinajstić information content (AvgIpc) is 3.41. The highest BCUT2D eigenvalue weighted by Crippen LogP contribution is 2.29. The van der Waals surface area contributed by atoms with Gasteiger partial charge in [0.15, 0.2) is 0 Å². The van der Waals surface area contributed by atoms with Gasteiger partial charge in [0.1, 0.15) is 16.1 Å². The van der Waals surface area contributed by atoms with Crippen molar-refractivity contribution in [1.82, 2.24) is 14.1 Å². The van der Waals surface area contributed by atoms with E-state index in [1.807, 2.05) is 38.1 Å². The van der Waals surface area contributed by atoms with Crippen molar-refractivity contribution < 1.29 is 9.53 Å². The van der Waals surface area contributed by atoms with E-state index < -0.39 is 5.69 Å². The molecule has 0 radical (unpaired) electrons. The number of aryl methyl sites for hydroxylation is 2. The maximum Gasteiger partial charge on any atom is 0.332 e. The van der Waals surface area contributed by atoms with Crippen LogP contribution >= 0.6 is 11.3 Å². The van der Waals surface area contributed by atoms with Gasteiger partial charge in [-0.05, 0) is 62.1 Å². The van der Waals surface area contributed by atoms with Crippen LogP contribution < -0.4 is 16.6 Å². The summed E-state index contributed by atoms with van der Waals surface area (Å²) in [6, 6.07) is 9.37. The molecule has 1 N–H and O–H groups in total. The monoisotopic (exact) mass is 464 g/mol. The maximum atomic E-state index is 13.5. The molecular formula is C24H24N4O4S. The molecule has 0 bridgehead atoms. The molecule has 1 aliphatic heterocycles. The molecule has 0 saturated carbocycles. The van der Waals surface area contributed by atoms with E-state index in [2.05, 4.69) is 10.3 Å². The minimum atomic E-state index is -0.512. The maximum absolute atomic E-state index is 13.5. The molecule has 5 rings (SSSR count). The van der Waals surface area contributed by atoms with Crippen molar-refractivity contribution in [3.63, 3.8) is 0 Å². The second kappa shape index (κ2) is 8.57. The topological polar surface area (TPSA) is 95.2 Å². The average molecular weight is 465 g/mol. The quantitative estimate of drug-likeness (QED) is 0.489. The van der Waals surface area contributed by atoms with E-state index in [0.717, 1.165) is 24.0 Å². The minimum absolute atomic E-state index is 0.175. The first kappa shape index (κ1) is 21.5. The van der Waals surface area contributed by atoms with E-state index in [1.165, 1.54) is 20.5 Å². The molecule has 4 heterocycles. The van der Waals surface area contributed by atoms with Crippen molar-refractivity contribution in [1.29, 1.82) is 0 Å². The van der Waals surface area contributed by atoms with E-state index >= 15 is 0 Å². The number of nitrogens with zero attached hydrogens (tertiary/aromatic N) is 3. The molecule has 3 aromatic heterocycles. The number of rotatable bonds is 5. The lowest BCUT2D eigenvalue weighted by Crippen LogP contribution is -2.43. The molecule has 1 aromatic carbocycles. The molecule has 0 spiro atoms. The van der Waals surface area contributed by atoms with Gasteiger partial charge in [0.05, 0.1) is 18.2 Å². The zero-order chi connectivity index (χ0) is 23.1. The van der Waals surface area contributed by atoms with Crippen molar-refractivity contribution >= 4 is 43.4 Å². The number of benzene rings is 1. The summed E-state index contributed by atoms with van der Waals surface area (Å²) >= 11 is 1.24. The van der Waals surface area contributed by atoms with E-state index in [1.54, 1.807) is 12.3 Å². The molecule has 0 unspecified atom stereocenters. The lowest BCUT2D eigenvalue weighted by Gasteiger charge is -2.15. The third-order valence-corrected chi connectivity index (χ3v) is 6.92. The number of carbonyl (C=O) groups is 1. The van der Waals surface area contributed by atoms with Crippen LogP contribution in [0.4, 0.5) is 5.69 Å². The molecule has 1 fully saturated rings. The molecule has 1 saturated heterocycles. The summed E-state index contributed by atoms with van der Waals surface area (Å²) in [4.78, 5) is 44.8. The van der Waals surface area contributed by atoms with Gasteiger partial charge >= 0.3 is 5.69 Å². The number of fused-ring (bicyclic) bond motifs is 3. The number of thiophene rings is 1. The molecular weight excluding hydrogens is 440 g/mol. The number of pyridine rings is 1. The Morgan fingerprint density at radius 1 is 1.21 bits per heavy atom. The van der Waals surface area contributed by atoms with Crippen molar-refractivity contribution in [3.05, 3.63) is 68.5 Å². The Balaban J connectivity index is 1.61. The van der Waals surface area contributed by atoms with Crippen LogP contribution in [-0.2, 0) is 22.6 Å². The molecule has 9 heteroatoms. The second-order valence-corrected chi connectivity index (χ2v) is 9.48. The molecule has 4 aromatic rings. The standard InChI is InChI=1S/C24H24N4O4S/c1-14-9-15(2)11-16(10-14)26-19(29)13-27-20-18-6-3-7-25-22(18)33-21(20)23(30)28(24(27)31)12-17-5-4-8-32-17/h3,6-7,9-11,17H,4-5,8,12-13H2,1-2H3,(H,26,29)/t17-/m0/s1. The summed E-state index contributed by atoms with van der Waals surface area (Å²) in [5.74, 6) is -0.339. The molecule has 33 heavy (non-hydrogen) atoms. The van der Waals surface area contributed by atoms with Gasteiger partial charge in [0, 0.05) is 23.9 Å². The number of ether oxygens (including phenoxy) is 1. The van der Waals surface area contributed by atoms with Gasteiger partial charge in [0.25, 0.3) is 5.56 Å². The fourth-order valence-corrected chi connectivity index (χ4v) is 5.57. The van der Waals surface area contributed by atoms with E-state index in [9.17, 15) is 14.4 Å². The third-order valence-electron chi connectivity index (χ3n) is 5.83. The first-order valence-corrected chi connectivity index (χ1v) is 11.7. The molecule has 1 amide bonds. The number of hydrogen-bond donors (Lipinski definition) is 1. The normalized spacial score (nSPS) is 16.0. The number of anilines is 1. The SMILES string of the molecule is Cc1cc(C)cc(NC(=O)Cn2c(=O)n(C[C@@H]3CCCO3)c(=O)c3sc4ncccc4c32)c1. The Kier molecular flexibility index (Phi) is 5.59. The summed E-state index contributed by atoms with van der Waals surface area (Å²) in [6.45, 7) is 4.51. The summed E-state index contributed by atoms with van der Waals surface area (Å²) in [5.41, 5.74) is 2.32. The summed E-state index contributed by atoms with van der Waals surface area (Å²) in [7, 11) is 0. The zero-order valence-corrected chi connectivity index (χ0v) is 19.3. The minimum Gasteiger partial charge on any atom is -0.376 e. The van der Waals surface area contributed by atoms with Gasteiger partial charge in [-0.3, -0.25) is 18.7 Å². The van der Waals surface area contributed by atoms with Crippen LogP contribution in [0.3, 0.4) is 0 Å². The van der Waals surface area contributed by atoms with Crippen molar-refractivity contribution in [2.75, 3.05) is 11.9 Å². The summed E-state index contributed by atoms with van der Waals surface area (Å²) in [5, 5.41) is 3.58. The first-order chi connectivity index (χ1) is 15.9. The van der Waals surface area contributed by atoms with Crippen LogP contribution in [0.5, 0.6) is 0 Å². The number of carbonyl (C=O) groups excluding carboxylic acids is 1. The third kappa shape index (κ3) is 4.09. The van der Waals surface area contributed by atoms with Gasteiger partial charge in [-0.25, -0.2) is 9.78 Å². The summed E-state index contributed by atoms with van der Waals surface area (Å²) < 4.78 is 8.68. The fraction of sp³-hybridized carbons (Fsp3) is 0.333. The van der Waals surface area contributed by atoms with Crippen LogP contribution in [0.2, 0.25) is 0 Å². The number of hydrogen-bond acceptors (Lipinski definition) is 6. The number of nitrogens with one attached hydrogen (secondary N) is 1. The van der Waals surface area contributed by atoms with Crippen molar-refractivity contribution in [2.45, 2.75) is 45.9 Å². The Bertz CT molecular complexity index is 1470. The highest BCUT2D eigenvalue weighted by atomic mass is 32.1. The largest absolute Gasteiger partial charge is 0.376 e. The van der Waals surface area contributed by atoms with Crippen molar-refractivity contribution in [3.8, 4) is 0 Å². The smallest absolute Gasteiger partial charge is 0.332 e. The first-order valence-electron chi connectivity index (χ1n) is 10.9. The molecule has 0 aliphatic carbocycles. The Hall–Kier alpha value is -3.30. The van der Waals surface area contributed by atoms with Crippen LogP contribution in [0, 0.1) is 13.8 Å². The zero-order valence-electron chi connectivity index (χ0n) is 18.5. The van der Waals surface area contributed by atoms with Gasteiger partial charge in [-0.15, -0.1) is 11.3 Å². The number of amides is 1. The van der Waals surface area contributed by atoms with E-state index in [0.29, 0.717) is 32.7 Å². The van der Waals surface area contributed by atoms with Crippen LogP contribution in [0.1, 0.15) is 24.0 Å². The van der Waals surface area contributed by atoms with Gasteiger partial charge in [0.2, 0.25) is 5.91 Å². The van der Waals surface area contributed by atoms with Gasteiger partial charge in [-0.1, -0.05) is 6.07 Å². The van der Waals surface area contributed by atoms with Crippen LogP contribution in [0.15, 0.2) is 46.1 Å². The highest BCUT2D eigenvalue weighted by Gasteiger charge is 2.24. The van der Waals surface area contributed by atoms with Gasteiger partial charge < -0.3 is 10.1 Å². The van der Waals surface area contributed by atoms with Crippen LogP contribution in [0.25, 0.3) is 20.4 Å². The Labute approximate surface area is 193 Å². The molecule has 170 valence electrons. The van der Waals surface area contributed by atoms with Gasteiger partial charge in [-0.2, -0.15) is 0 Å². The lowest BCUT2D eigenvalue weighted by molar-refractivity contribution is -0.116. The molecule has 8 nitrogen and oxygen atoms in total. The Morgan fingerprint density at radius 3 is 2.73 bits per heavy atom. The van der Waals surface area contributed by atoms with Crippen molar-refractivity contribution in [2.24, 2.45) is 0 Å². The van der Waals surface area contributed by atoms with E-state index in [-0.39, 0.29) is 30.7 Å². The molecule has 1 aliphatic rings. The number of aromatic nitrogens is 3. The highest BCUT2D eigenvalue weighted by molar-refractivity contribution is 7.25. The van der Waals surface area contributed by atoms with E-state index in [4.69, 9.17) is 4.74 Å². The Morgan fingerprint density at radius 2 is 2.00 bits per heavy atom. The molecule has 1 atom stereocenters. The predicted octanol–water partition coefficient (Wildman–Crippen LogP) is 3.21.